The van der Waals surface area contributed by atoms with E-state index in [4.69, 9.17) is 0 Å². The van der Waals surface area contributed by atoms with E-state index in [0.29, 0.717) is 0 Å². The molecule has 0 aliphatic heterocycles. The number of rotatable bonds is 4. The Bertz CT molecular complexity index is 383. The van der Waals surface area contributed by atoms with Gasteiger partial charge in [-0.1, -0.05) is 49.1 Å². The average Bonchev–Trinajstić information content (AvgIpc) is 2.28. The molecule has 0 heterocycles. The molecule has 0 saturated carbocycles. The number of hydrogen-bond acceptors (Lipinski definition) is 1. The zero-order valence-electron chi connectivity index (χ0n) is 8.93. The van der Waals surface area contributed by atoms with Gasteiger partial charge >= 0.3 is 0 Å². The van der Waals surface area contributed by atoms with E-state index in [1.165, 1.54) is 5.56 Å². The van der Waals surface area contributed by atoms with Crippen LogP contribution in [0.4, 0.5) is 0 Å². The van der Waals surface area contributed by atoms with Gasteiger partial charge in [0, 0.05) is 6.20 Å². The predicted molar refractivity (Wildman–Crippen MR) is 67.9 cm³/mol. The lowest BCUT2D eigenvalue weighted by atomic mass is 10.2. The lowest BCUT2D eigenvalue weighted by Gasteiger charge is -1.92. The van der Waals surface area contributed by atoms with Crippen molar-refractivity contribution in [2.24, 2.45) is 4.99 Å². The van der Waals surface area contributed by atoms with E-state index in [0.717, 1.165) is 5.71 Å². The summed E-state index contributed by atoms with van der Waals surface area (Å²) in [6.45, 7) is 5.55. The lowest BCUT2D eigenvalue weighted by Crippen LogP contribution is -1.85. The summed E-state index contributed by atoms with van der Waals surface area (Å²) < 4.78 is 0. The van der Waals surface area contributed by atoms with Crippen LogP contribution in [-0.4, -0.2) is 5.71 Å². The van der Waals surface area contributed by atoms with Gasteiger partial charge in [-0.05, 0) is 24.6 Å². The second kappa shape index (κ2) is 6.55. The van der Waals surface area contributed by atoms with Crippen molar-refractivity contribution in [2.75, 3.05) is 0 Å². The summed E-state index contributed by atoms with van der Waals surface area (Å²) >= 11 is 0. The van der Waals surface area contributed by atoms with Crippen molar-refractivity contribution >= 4 is 11.8 Å². The molecular weight excluding hydrogens is 182 g/mol. The largest absolute Gasteiger partial charge is 0.258 e. The minimum Gasteiger partial charge on any atom is -0.258 e. The van der Waals surface area contributed by atoms with Crippen molar-refractivity contribution in [1.82, 2.24) is 0 Å². The van der Waals surface area contributed by atoms with Gasteiger partial charge in [0.2, 0.25) is 0 Å². The Labute approximate surface area is 91.2 Å². The Balaban J connectivity index is 2.79. The van der Waals surface area contributed by atoms with E-state index in [1.54, 1.807) is 6.20 Å². The van der Waals surface area contributed by atoms with Gasteiger partial charge in [0.15, 0.2) is 0 Å². The molecule has 15 heavy (non-hydrogen) atoms. The SMILES string of the molecule is C=CN=C(/C=C\C)/C=C/c1ccccc1. The Kier molecular flexibility index (Phi) is 4.88. The second-order valence-corrected chi connectivity index (χ2v) is 2.98. The molecule has 0 amide bonds. The third kappa shape index (κ3) is 4.23. The Morgan fingerprint density at radius 1 is 1.20 bits per heavy atom. The van der Waals surface area contributed by atoms with E-state index in [1.807, 2.05) is 49.4 Å². The normalized spacial score (nSPS) is 12.5. The molecule has 0 atom stereocenters. The predicted octanol–water partition coefficient (Wildman–Crippen LogP) is 3.86. The Morgan fingerprint density at radius 2 is 1.93 bits per heavy atom. The summed E-state index contributed by atoms with van der Waals surface area (Å²) in [5, 5.41) is 0. The molecule has 1 aromatic rings. The lowest BCUT2D eigenvalue weighted by molar-refractivity contribution is 1.58. The van der Waals surface area contributed by atoms with E-state index in [-0.39, 0.29) is 0 Å². The maximum absolute atomic E-state index is 4.14. The van der Waals surface area contributed by atoms with Crippen LogP contribution in [0.5, 0.6) is 0 Å². The van der Waals surface area contributed by atoms with Crippen LogP contribution in [0.15, 0.2) is 66.3 Å². The molecule has 0 aliphatic rings. The first kappa shape index (κ1) is 11.2. The monoisotopic (exact) mass is 197 g/mol. The fraction of sp³-hybridized carbons (Fsp3) is 0.0714. The first-order chi connectivity index (χ1) is 7.36. The van der Waals surface area contributed by atoms with Gasteiger partial charge in [-0.25, -0.2) is 0 Å². The number of nitrogens with zero attached hydrogens (tertiary/aromatic N) is 1. The van der Waals surface area contributed by atoms with Crippen LogP contribution >= 0.6 is 0 Å². The molecule has 1 aromatic carbocycles. The average molecular weight is 197 g/mol. The number of benzene rings is 1. The van der Waals surface area contributed by atoms with E-state index >= 15 is 0 Å². The Morgan fingerprint density at radius 3 is 2.53 bits per heavy atom. The molecule has 0 radical (unpaired) electrons. The summed E-state index contributed by atoms with van der Waals surface area (Å²) in [6.07, 6.45) is 9.45. The van der Waals surface area contributed by atoms with Crippen molar-refractivity contribution in [1.29, 1.82) is 0 Å². The van der Waals surface area contributed by atoms with Crippen molar-refractivity contribution in [3.63, 3.8) is 0 Å². The van der Waals surface area contributed by atoms with Gasteiger partial charge in [0.25, 0.3) is 0 Å². The molecule has 1 heteroatoms. The van der Waals surface area contributed by atoms with E-state index in [2.05, 4.69) is 23.7 Å². The number of aliphatic imine (C=N–C) groups is 1. The van der Waals surface area contributed by atoms with Crippen LogP contribution in [0, 0.1) is 0 Å². The van der Waals surface area contributed by atoms with Gasteiger partial charge in [-0.2, -0.15) is 0 Å². The van der Waals surface area contributed by atoms with Crippen LogP contribution in [0.3, 0.4) is 0 Å². The number of hydrogen-bond donors (Lipinski definition) is 0. The second-order valence-electron chi connectivity index (χ2n) is 2.98. The first-order valence-corrected chi connectivity index (χ1v) is 4.91. The molecule has 0 bridgehead atoms. The highest BCUT2D eigenvalue weighted by Crippen LogP contribution is 2.01. The van der Waals surface area contributed by atoms with Gasteiger partial charge in [-0.15, -0.1) is 0 Å². The molecule has 1 rings (SSSR count). The zero-order chi connectivity index (χ0) is 10.9. The molecule has 0 aliphatic carbocycles. The summed E-state index contributed by atoms with van der Waals surface area (Å²) in [4.78, 5) is 4.14. The van der Waals surface area contributed by atoms with Crippen LogP contribution in [0.2, 0.25) is 0 Å². The van der Waals surface area contributed by atoms with Gasteiger partial charge in [0.1, 0.15) is 0 Å². The molecule has 0 fully saturated rings. The molecule has 0 spiro atoms. The Hall–Kier alpha value is -1.89. The van der Waals surface area contributed by atoms with Gasteiger partial charge in [-0.3, -0.25) is 4.99 Å². The van der Waals surface area contributed by atoms with E-state index < -0.39 is 0 Å². The third-order valence-corrected chi connectivity index (χ3v) is 1.82. The molecular formula is C14H15N. The quantitative estimate of drug-likeness (QED) is 0.650. The maximum Gasteiger partial charge on any atom is 0.0626 e. The van der Waals surface area contributed by atoms with Crippen LogP contribution < -0.4 is 0 Å². The minimum atomic E-state index is 0.899. The van der Waals surface area contributed by atoms with Crippen LogP contribution in [0.1, 0.15) is 12.5 Å². The van der Waals surface area contributed by atoms with Crippen LogP contribution in [0.25, 0.3) is 6.08 Å². The molecule has 0 aromatic heterocycles. The molecule has 0 N–H and O–H groups in total. The molecule has 76 valence electrons. The topological polar surface area (TPSA) is 12.4 Å². The summed E-state index contributed by atoms with van der Waals surface area (Å²) in [5.41, 5.74) is 2.06. The highest BCUT2D eigenvalue weighted by atomic mass is 14.7. The molecule has 1 nitrogen and oxygen atoms in total. The first-order valence-electron chi connectivity index (χ1n) is 4.91. The zero-order valence-corrected chi connectivity index (χ0v) is 8.93. The molecule has 0 saturated heterocycles. The van der Waals surface area contributed by atoms with E-state index in [9.17, 15) is 0 Å². The van der Waals surface area contributed by atoms with Crippen molar-refractivity contribution in [2.45, 2.75) is 6.92 Å². The summed E-state index contributed by atoms with van der Waals surface area (Å²) in [6, 6.07) is 10.1. The third-order valence-electron chi connectivity index (χ3n) is 1.82. The smallest absolute Gasteiger partial charge is 0.0626 e. The maximum atomic E-state index is 4.14. The standard InChI is InChI=1S/C14H15N/c1-3-8-14(15-4-2)12-11-13-9-6-5-7-10-13/h3-12H,2H2,1H3/b8-3-,12-11+,15-14?. The number of allylic oxidation sites excluding steroid dienone is 3. The van der Waals surface area contributed by atoms with Crippen LogP contribution in [-0.2, 0) is 0 Å². The van der Waals surface area contributed by atoms with Gasteiger partial charge < -0.3 is 0 Å². The van der Waals surface area contributed by atoms with Gasteiger partial charge in [0.05, 0.1) is 5.71 Å². The fourth-order valence-corrected chi connectivity index (χ4v) is 1.16. The van der Waals surface area contributed by atoms with Crippen molar-refractivity contribution in [3.05, 3.63) is 66.9 Å². The van der Waals surface area contributed by atoms with Crippen molar-refractivity contribution < 1.29 is 0 Å². The minimum absolute atomic E-state index is 0.899. The summed E-state index contributed by atoms with van der Waals surface area (Å²) in [5.74, 6) is 0. The highest BCUT2D eigenvalue weighted by Gasteiger charge is 1.86. The highest BCUT2D eigenvalue weighted by molar-refractivity contribution is 6.06. The fourth-order valence-electron chi connectivity index (χ4n) is 1.16. The van der Waals surface area contributed by atoms with Crippen molar-refractivity contribution in [3.8, 4) is 0 Å². The summed E-state index contributed by atoms with van der Waals surface area (Å²) in [7, 11) is 0. The molecule has 0 unspecified atom stereocenters.